The summed E-state index contributed by atoms with van der Waals surface area (Å²) in [6, 6.07) is 16.2. The minimum atomic E-state index is 0.543. The summed E-state index contributed by atoms with van der Waals surface area (Å²) >= 11 is 7.42. The largest absolute Gasteiger partial charge is 0.332 e. The number of alkyl halides is 1. The Bertz CT molecular complexity index is 628. The van der Waals surface area contributed by atoms with Crippen LogP contribution in [0.15, 0.2) is 48.5 Å². The topological polar surface area (TPSA) is 24.9 Å². The summed E-state index contributed by atoms with van der Waals surface area (Å²) < 4.78 is 1.19. The molecule has 0 saturated heterocycles. The number of para-hydroxylation sites is 1. The van der Waals surface area contributed by atoms with Crippen molar-refractivity contribution in [3.05, 3.63) is 54.1 Å². The molecule has 1 N–H and O–H groups in total. The molecule has 4 heteroatoms. The second-order valence-corrected chi connectivity index (χ2v) is 5.24. The molecule has 3 rings (SSSR count). The van der Waals surface area contributed by atoms with Crippen molar-refractivity contribution in [2.24, 2.45) is 0 Å². The van der Waals surface area contributed by atoms with E-state index >= 15 is 0 Å². The van der Waals surface area contributed by atoms with Crippen molar-refractivity contribution in [1.82, 2.24) is 4.98 Å². The lowest BCUT2D eigenvalue weighted by molar-refractivity contribution is 1.39. The Morgan fingerprint density at radius 1 is 1.06 bits per heavy atom. The molecular formula is C14H11ClN2S. The van der Waals surface area contributed by atoms with E-state index < -0.39 is 0 Å². The van der Waals surface area contributed by atoms with Crippen LogP contribution in [0.2, 0.25) is 0 Å². The molecule has 0 bridgehead atoms. The van der Waals surface area contributed by atoms with Gasteiger partial charge in [-0.25, -0.2) is 4.98 Å². The second-order valence-electron chi connectivity index (χ2n) is 3.94. The molecule has 1 aromatic heterocycles. The van der Waals surface area contributed by atoms with E-state index in [1.54, 1.807) is 11.3 Å². The summed E-state index contributed by atoms with van der Waals surface area (Å²) in [6.45, 7) is 0. The monoisotopic (exact) mass is 274 g/mol. The number of nitrogens with zero attached hydrogens (tertiary/aromatic N) is 1. The van der Waals surface area contributed by atoms with E-state index in [1.165, 1.54) is 4.70 Å². The van der Waals surface area contributed by atoms with E-state index in [2.05, 4.69) is 16.4 Å². The Labute approximate surface area is 114 Å². The molecule has 0 amide bonds. The van der Waals surface area contributed by atoms with Crippen molar-refractivity contribution in [2.75, 3.05) is 5.32 Å². The molecule has 1 heterocycles. The van der Waals surface area contributed by atoms with Gasteiger partial charge in [-0.1, -0.05) is 35.6 Å². The van der Waals surface area contributed by atoms with E-state index in [1.807, 2.05) is 42.5 Å². The van der Waals surface area contributed by atoms with Crippen LogP contribution in [-0.4, -0.2) is 4.98 Å². The summed E-state index contributed by atoms with van der Waals surface area (Å²) in [7, 11) is 0. The Balaban J connectivity index is 1.86. The molecule has 0 saturated carbocycles. The van der Waals surface area contributed by atoms with E-state index in [-0.39, 0.29) is 0 Å². The van der Waals surface area contributed by atoms with Crippen molar-refractivity contribution in [1.29, 1.82) is 0 Å². The van der Waals surface area contributed by atoms with Crippen LogP contribution >= 0.6 is 22.9 Å². The van der Waals surface area contributed by atoms with Gasteiger partial charge in [-0.05, 0) is 29.8 Å². The number of nitrogens with one attached hydrogen (secondary N) is 1. The SMILES string of the molecule is ClCc1ccc(Nc2nc3ccccc3s2)cc1. The predicted octanol–water partition coefficient (Wildman–Crippen LogP) is 4.78. The highest BCUT2D eigenvalue weighted by Gasteiger charge is 2.02. The molecule has 3 aromatic rings. The quantitative estimate of drug-likeness (QED) is 0.695. The molecule has 2 aromatic carbocycles. The second kappa shape index (κ2) is 4.96. The van der Waals surface area contributed by atoms with Gasteiger partial charge in [0.2, 0.25) is 0 Å². The van der Waals surface area contributed by atoms with Gasteiger partial charge in [-0.2, -0.15) is 0 Å². The van der Waals surface area contributed by atoms with Gasteiger partial charge in [0.15, 0.2) is 5.13 Å². The van der Waals surface area contributed by atoms with Crippen molar-refractivity contribution in [3.8, 4) is 0 Å². The highest BCUT2D eigenvalue weighted by molar-refractivity contribution is 7.22. The van der Waals surface area contributed by atoms with Gasteiger partial charge in [-0.15, -0.1) is 11.6 Å². The van der Waals surface area contributed by atoms with E-state index in [0.717, 1.165) is 21.9 Å². The van der Waals surface area contributed by atoms with Gasteiger partial charge in [0, 0.05) is 11.6 Å². The minimum absolute atomic E-state index is 0.543. The first-order valence-electron chi connectivity index (χ1n) is 5.62. The van der Waals surface area contributed by atoms with Crippen LogP contribution in [0.5, 0.6) is 0 Å². The number of hydrogen-bond acceptors (Lipinski definition) is 3. The van der Waals surface area contributed by atoms with Crippen molar-refractivity contribution < 1.29 is 0 Å². The molecule has 0 radical (unpaired) electrons. The number of halogens is 1. The third-order valence-corrected chi connectivity index (χ3v) is 3.91. The summed E-state index contributed by atoms with van der Waals surface area (Å²) in [5.74, 6) is 0.543. The van der Waals surface area contributed by atoms with Gasteiger partial charge < -0.3 is 5.32 Å². The normalized spacial score (nSPS) is 10.7. The first-order chi connectivity index (χ1) is 8.85. The van der Waals surface area contributed by atoms with Gasteiger partial charge in [-0.3, -0.25) is 0 Å². The molecule has 0 unspecified atom stereocenters. The zero-order valence-corrected chi connectivity index (χ0v) is 11.1. The number of thiazole rings is 1. The van der Waals surface area contributed by atoms with Crippen molar-refractivity contribution in [2.45, 2.75) is 5.88 Å². The summed E-state index contributed by atoms with van der Waals surface area (Å²) in [4.78, 5) is 4.53. The molecule has 0 aliphatic rings. The zero-order chi connectivity index (χ0) is 12.4. The summed E-state index contributed by atoms with van der Waals surface area (Å²) in [6.07, 6.45) is 0. The number of hydrogen-bond donors (Lipinski definition) is 1. The molecule has 18 heavy (non-hydrogen) atoms. The van der Waals surface area contributed by atoms with Crippen LogP contribution in [0.3, 0.4) is 0 Å². The summed E-state index contributed by atoms with van der Waals surface area (Å²) in [5, 5.41) is 4.22. The third kappa shape index (κ3) is 2.33. The van der Waals surface area contributed by atoms with E-state index in [4.69, 9.17) is 11.6 Å². The number of anilines is 2. The van der Waals surface area contributed by atoms with Crippen LogP contribution in [0.4, 0.5) is 10.8 Å². The van der Waals surface area contributed by atoms with Crippen molar-refractivity contribution >= 4 is 44.0 Å². The van der Waals surface area contributed by atoms with Crippen LogP contribution in [-0.2, 0) is 5.88 Å². The maximum absolute atomic E-state index is 5.76. The lowest BCUT2D eigenvalue weighted by Crippen LogP contribution is -1.89. The maximum Gasteiger partial charge on any atom is 0.188 e. The lowest BCUT2D eigenvalue weighted by Gasteiger charge is -2.02. The standard InChI is InChI=1S/C14H11ClN2S/c15-9-10-5-7-11(8-6-10)16-14-17-12-3-1-2-4-13(12)18-14/h1-8H,9H2,(H,16,17). The average Bonchev–Trinajstić information content (AvgIpc) is 2.82. The van der Waals surface area contributed by atoms with E-state index in [9.17, 15) is 0 Å². The number of benzene rings is 2. The highest BCUT2D eigenvalue weighted by atomic mass is 35.5. The fourth-order valence-electron chi connectivity index (χ4n) is 1.73. The first-order valence-corrected chi connectivity index (χ1v) is 6.98. The van der Waals surface area contributed by atoms with Gasteiger partial charge >= 0.3 is 0 Å². The molecular weight excluding hydrogens is 264 g/mol. The number of fused-ring (bicyclic) bond motifs is 1. The average molecular weight is 275 g/mol. The van der Waals surface area contributed by atoms with Crippen LogP contribution in [0.1, 0.15) is 5.56 Å². The lowest BCUT2D eigenvalue weighted by atomic mass is 10.2. The van der Waals surface area contributed by atoms with E-state index in [0.29, 0.717) is 5.88 Å². The molecule has 0 aliphatic heterocycles. The fourth-order valence-corrected chi connectivity index (χ4v) is 2.79. The molecule has 0 aliphatic carbocycles. The minimum Gasteiger partial charge on any atom is -0.332 e. The van der Waals surface area contributed by atoms with Crippen LogP contribution in [0, 0.1) is 0 Å². The fraction of sp³-hybridized carbons (Fsp3) is 0.0714. The van der Waals surface area contributed by atoms with Crippen LogP contribution < -0.4 is 5.32 Å². The van der Waals surface area contributed by atoms with Crippen molar-refractivity contribution in [3.63, 3.8) is 0 Å². The maximum atomic E-state index is 5.76. The molecule has 0 spiro atoms. The van der Waals surface area contributed by atoms with Crippen LogP contribution in [0.25, 0.3) is 10.2 Å². The molecule has 0 atom stereocenters. The molecule has 0 fully saturated rings. The Kier molecular flexibility index (Phi) is 3.17. The first kappa shape index (κ1) is 11.5. The predicted molar refractivity (Wildman–Crippen MR) is 78.9 cm³/mol. The smallest absolute Gasteiger partial charge is 0.188 e. The van der Waals surface area contributed by atoms with Gasteiger partial charge in [0.25, 0.3) is 0 Å². The zero-order valence-electron chi connectivity index (χ0n) is 9.56. The number of rotatable bonds is 3. The van der Waals surface area contributed by atoms with Gasteiger partial charge in [0.1, 0.15) is 0 Å². The summed E-state index contributed by atoms with van der Waals surface area (Å²) in [5.41, 5.74) is 3.18. The Morgan fingerprint density at radius 3 is 2.56 bits per heavy atom. The Morgan fingerprint density at radius 2 is 1.83 bits per heavy atom. The molecule has 2 nitrogen and oxygen atoms in total. The van der Waals surface area contributed by atoms with Gasteiger partial charge in [0.05, 0.1) is 10.2 Å². The third-order valence-electron chi connectivity index (χ3n) is 2.65. The highest BCUT2D eigenvalue weighted by Crippen LogP contribution is 2.28. The molecule has 90 valence electrons. The number of aromatic nitrogens is 1. The Hall–Kier alpha value is -1.58.